The molecule has 5 rings (SSSR count). The van der Waals surface area contributed by atoms with E-state index in [2.05, 4.69) is 4.98 Å². The van der Waals surface area contributed by atoms with Gasteiger partial charge in [0.2, 0.25) is 5.91 Å². The molecule has 6 nitrogen and oxygen atoms in total. The van der Waals surface area contributed by atoms with Gasteiger partial charge in [-0.15, -0.1) is 0 Å². The lowest BCUT2D eigenvalue weighted by atomic mass is 10.0. The number of hydrogen-bond donors (Lipinski definition) is 0. The Balaban J connectivity index is 1.43. The third-order valence-corrected chi connectivity index (χ3v) is 5.53. The second-order valence-electron chi connectivity index (χ2n) is 7.44. The highest BCUT2D eigenvalue weighted by molar-refractivity contribution is 6.07. The smallest absolute Gasteiger partial charge is 0.254 e. The summed E-state index contributed by atoms with van der Waals surface area (Å²) in [7, 11) is 0. The van der Waals surface area contributed by atoms with Gasteiger partial charge in [-0.3, -0.25) is 9.59 Å². The molecule has 0 bridgehead atoms. The Kier molecular flexibility index (Phi) is 4.11. The molecule has 142 valence electrons. The van der Waals surface area contributed by atoms with Gasteiger partial charge in [0.1, 0.15) is 5.69 Å². The zero-order valence-corrected chi connectivity index (χ0v) is 15.5. The van der Waals surface area contributed by atoms with E-state index in [9.17, 15) is 9.59 Å². The molecular weight excluding hydrogens is 354 g/mol. The Bertz CT molecular complexity index is 1030. The zero-order valence-electron chi connectivity index (χ0n) is 15.5. The van der Waals surface area contributed by atoms with Crippen molar-refractivity contribution in [2.75, 3.05) is 26.2 Å². The Morgan fingerprint density at radius 2 is 1.71 bits per heavy atom. The lowest BCUT2D eigenvalue weighted by Crippen LogP contribution is -2.51. The number of aromatic nitrogens is 1. The van der Waals surface area contributed by atoms with Crippen LogP contribution >= 0.6 is 0 Å². The number of pyridine rings is 1. The second-order valence-corrected chi connectivity index (χ2v) is 7.44. The van der Waals surface area contributed by atoms with Gasteiger partial charge >= 0.3 is 0 Å². The van der Waals surface area contributed by atoms with Crippen LogP contribution in [0.25, 0.3) is 22.4 Å². The molecule has 1 aliphatic carbocycles. The Morgan fingerprint density at radius 3 is 2.43 bits per heavy atom. The lowest BCUT2D eigenvalue weighted by molar-refractivity contribution is -0.134. The van der Waals surface area contributed by atoms with Gasteiger partial charge < -0.3 is 14.2 Å². The number of furan rings is 1. The maximum atomic E-state index is 13.3. The third-order valence-electron chi connectivity index (χ3n) is 5.53. The van der Waals surface area contributed by atoms with Crippen LogP contribution in [0, 0.1) is 5.92 Å². The van der Waals surface area contributed by atoms with E-state index in [-0.39, 0.29) is 17.7 Å². The quantitative estimate of drug-likeness (QED) is 0.705. The molecule has 0 radical (unpaired) electrons. The molecule has 2 fully saturated rings. The fourth-order valence-corrected chi connectivity index (χ4v) is 3.79. The van der Waals surface area contributed by atoms with E-state index in [0.717, 1.165) is 23.7 Å². The second kappa shape index (κ2) is 6.78. The van der Waals surface area contributed by atoms with Crippen molar-refractivity contribution in [3.8, 4) is 11.5 Å². The van der Waals surface area contributed by atoms with Crippen LogP contribution in [0.15, 0.2) is 53.1 Å². The van der Waals surface area contributed by atoms with Crippen molar-refractivity contribution in [3.05, 3.63) is 54.3 Å². The molecule has 1 aromatic carbocycles. The van der Waals surface area contributed by atoms with Crippen molar-refractivity contribution in [2.24, 2.45) is 5.92 Å². The van der Waals surface area contributed by atoms with Crippen LogP contribution in [-0.2, 0) is 4.79 Å². The first kappa shape index (κ1) is 17.0. The highest BCUT2D eigenvalue weighted by Crippen LogP contribution is 2.31. The summed E-state index contributed by atoms with van der Waals surface area (Å²) >= 11 is 0. The summed E-state index contributed by atoms with van der Waals surface area (Å²) in [6.45, 7) is 2.33. The molecule has 2 aromatic heterocycles. The predicted molar refractivity (Wildman–Crippen MR) is 105 cm³/mol. The monoisotopic (exact) mass is 375 g/mol. The van der Waals surface area contributed by atoms with E-state index in [1.807, 2.05) is 52.3 Å². The highest BCUT2D eigenvalue weighted by Gasteiger charge is 2.35. The highest BCUT2D eigenvalue weighted by atomic mass is 16.3. The van der Waals surface area contributed by atoms with Crippen molar-refractivity contribution < 1.29 is 14.0 Å². The topological polar surface area (TPSA) is 66.7 Å². The first-order chi connectivity index (χ1) is 13.7. The van der Waals surface area contributed by atoms with Crippen LogP contribution in [0.3, 0.4) is 0 Å². The zero-order chi connectivity index (χ0) is 19.1. The van der Waals surface area contributed by atoms with Crippen molar-refractivity contribution in [3.63, 3.8) is 0 Å². The SMILES string of the molecule is O=C(c1cc(-c2ccco2)nc2ccccc12)N1CCN(C(=O)C2CC2)CC1. The summed E-state index contributed by atoms with van der Waals surface area (Å²) in [5.74, 6) is 1.09. The number of hydrogen-bond acceptors (Lipinski definition) is 4. The molecule has 0 N–H and O–H groups in total. The molecule has 28 heavy (non-hydrogen) atoms. The van der Waals surface area contributed by atoms with Crippen molar-refractivity contribution in [2.45, 2.75) is 12.8 Å². The minimum absolute atomic E-state index is 0.0232. The van der Waals surface area contributed by atoms with Gasteiger partial charge in [0, 0.05) is 37.5 Å². The maximum absolute atomic E-state index is 13.3. The van der Waals surface area contributed by atoms with Crippen molar-refractivity contribution >= 4 is 22.7 Å². The maximum Gasteiger partial charge on any atom is 0.254 e. The predicted octanol–water partition coefficient (Wildman–Crippen LogP) is 3.19. The lowest BCUT2D eigenvalue weighted by Gasteiger charge is -2.35. The molecular formula is C22H21N3O3. The molecule has 1 saturated carbocycles. The molecule has 2 amide bonds. The van der Waals surface area contributed by atoms with Crippen LogP contribution in [0.4, 0.5) is 0 Å². The van der Waals surface area contributed by atoms with Gasteiger partial charge in [0.25, 0.3) is 5.91 Å². The standard InChI is InChI=1S/C22H21N3O3/c26-21(15-7-8-15)24-9-11-25(12-10-24)22(27)17-14-19(20-6-3-13-28-20)23-18-5-2-1-4-16(17)18/h1-6,13-15H,7-12H2. The van der Waals surface area contributed by atoms with E-state index in [1.54, 1.807) is 6.26 Å². The summed E-state index contributed by atoms with van der Waals surface area (Å²) in [6, 6.07) is 13.1. The van der Waals surface area contributed by atoms with Gasteiger partial charge in [0.05, 0.1) is 17.3 Å². The van der Waals surface area contributed by atoms with Crippen LogP contribution in [0.1, 0.15) is 23.2 Å². The molecule has 1 aliphatic heterocycles. The largest absolute Gasteiger partial charge is 0.463 e. The molecule has 1 saturated heterocycles. The Morgan fingerprint density at radius 1 is 0.964 bits per heavy atom. The van der Waals surface area contributed by atoms with E-state index in [4.69, 9.17) is 4.42 Å². The molecule has 0 atom stereocenters. The van der Waals surface area contributed by atoms with E-state index in [1.165, 1.54) is 0 Å². The number of fused-ring (bicyclic) bond motifs is 1. The summed E-state index contributed by atoms with van der Waals surface area (Å²) < 4.78 is 5.49. The van der Waals surface area contributed by atoms with Crippen molar-refractivity contribution in [1.82, 2.24) is 14.8 Å². The van der Waals surface area contributed by atoms with E-state index >= 15 is 0 Å². The average Bonchev–Trinajstić information content (AvgIpc) is 3.45. The number of amides is 2. The number of rotatable bonds is 3. The van der Waals surface area contributed by atoms with Gasteiger partial charge in [-0.25, -0.2) is 4.98 Å². The summed E-state index contributed by atoms with van der Waals surface area (Å²) in [5.41, 5.74) is 2.04. The summed E-state index contributed by atoms with van der Waals surface area (Å²) in [4.78, 5) is 34.0. The number of carbonyl (C=O) groups is 2. The Labute approximate surface area is 162 Å². The fourth-order valence-electron chi connectivity index (χ4n) is 3.79. The minimum Gasteiger partial charge on any atom is -0.463 e. The molecule has 2 aliphatic rings. The van der Waals surface area contributed by atoms with Gasteiger partial charge in [0.15, 0.2) is 5.76 Å². The van der Waals surface area contributed by atoms with E-state index < -0.39 is 0 Å². The molecule has 3 aromatic rings. The first-order valence-electron chi connectivity index (χ1n) is 9.72. The number of para-hydroxylation sites is 1. The van der Waals surface area contributed by atoms with Crippen molar-refractivity contribution in [1.29, 1.82) is 0 Å². The van der Waals surface area contributed by atoms with Gasteiger partial charge in [-0.05, 0) is 37.1 Å². The molecule has 3 heterocycles. The van der Waals surface area contributed by atoms with Crippen LogP contribution < -0.4 is 0 Å². The number of benzene rings is 1. The summed E-state index contributed by atoms with van der Waals surface area (Å²) in [6.07, 6.45) is 3.62. The van der Waals surface area contributed by atoms with Gasteiger partial charge in [-0.2, -0.15) is 0 Å². The summed E-state index contributed by atoms with van der Waals surface area (Å²) in [5, 5.41) is 0.833. The third kappa shape index (κ3) is 3.05. The Hall–Kier alpha value is -3.15. The van der Waals surface area contributed by atoms with Crippen LogP contribution in [-0.4, -0.2) is 52.8 Å². The number of piperazine rings is 1. The normalized spacial score (nSPS) is 17.1. The van der Waals surface area contributed by atoms with Gasteiger partial charge in [-0.1, -0.05) is 18.2 Å². The number of carbonyl (C=O) groups excluding carboxylic acids is 2. The van der Waals surface area contributed by atoms with Crippen LogP contribution in [0.2, 0.25) is 0 Å². The molecule has 6 heteroatoms. The van der Waals surface area contributed by atoms with Crippen LogP contribution in [0.5, 0.6) is 0 Å². The fraction of sp³-hybridized carbons (Fsp3) is 0.318. The molecule has 0 unspecified atom stereocenters. The first-order valence-corrected chi connectivity index (χ1v) is 9.72. The van der Waals surface area contributed by atoms with E-state index in [0.29, 0.717) is 43.2 Å². The molecule has 0 spiro atoms. The minimum atomic E-state index is -0.0232. The number of nitrogens with zero attached hydrogens (tertiary/aromatic N) is 3. The average molecular weight is 375 g/mol.